The van der Waals surface area contributed by atoms with Gasteiger partial charge in [0, 0.05) is 25.8 Å². The molecule has 1 aromatic heterocycles. The number of piperidine rings is 1. The summed E-state index contributed by atoms with van der Waals surface area (Å²) in [6.45, 7) is 4.76. The van der Waals surface area contributed by atoms with Crippen LogP contribution in [0.2, 0.25) is 5.15 Å². The Balaban J connectivity index is 2.02. The summed E-state index contributed by atoms with van der Waals surface area (Å²) in [5, 5.41) is 1.24. The number of aromatic nitrogens is 2. The number of hydrogen-bond donors (Lipinski definition) is 0. The second-order valence-corrected chi connectivity index (χ2v) is 5.34. The molecule has 6 heteroatoms. The van der Waals surface area contributed by atoms with Gasteiger partial charge < -0.3 is 9.64 Å². The summed E-state index contributed by atoms with van der Waals surface area (Å²) in [6.07, 6.45) is 4.44. The molecule has 18 heavy (non-hydrogen) atoms. The van der Waals surface area contributed by atoms with E-state index in [0.717, 1.165) is 43.5 Å². The highest BCUT2D eigenvalue weighted by Crippen LogP contribution is 2.24. The monoisotopic (exact) mass is 287 g/mol. The average Bonchev–Trinajstić information content (AvgIpc) is 2.39. The molecule has 0 bridgehead atoms. The Bertz CT molecular complexity index is 397. The van der Waals surface area contributed by atoms with Gasteiger partial charge in [-0.05, 0) is 26.0 Å². The number of hydrogen-bond acceptors (Lipinski definition) is 5. The Morgan fingerprint density at radius 3 is 2.78 bits per heavy atom. The fourth-order valence-corrected chi connectivity index (χ4v) is 2.73. The summed E-state index contributed by atoms with van der Waals surface area (Å²) in [7, 11) is 0. The maximum atomic E-state index is 6.01. The summed E-state index contributed by atoms with van der Waals surface area (Å²) in [5.74, 6) is 0.925. The molecule has 0 radical (unpaired) electrons. The van der Waals surface area contributed by atoms with Crippen molar-refractivity contribution in [2.75, 3.05) is 30.9 Å². The van der Waals surface area contributed by atoms with Crippen molar-refractivity contribution in [2.24, 2.45) is 0 Å². The molecule has 1 aromatic rings. The first kappa shape index (κ1) is 13.9. The first-order valence-electron chi connectivity index (χ1n) is 6.18. The molecule has 0 saturated carbocycles. The van der Waals surface area contributed by atoms with E-state index in [0.29, 0.717) is 11.3 Å². The predicted octanol–water partition coefficient (Wildman–Crippen LogP) is 2.86. The highest BCUT2D eigenvalue weighted by molar-refractivity contribution is 7.98. The SMILES string of the molecule is CCOC1CCN(c2cc(Cl)nc(SC)n2)CC1. The Morgan fingerprint density at radius 2 is 2.17 bits per heavy atom. The van der Waals surface area contributed by atoms with Crippen LogP contribution in [0.25, 0.3) is 0 Å². The topological polar surface area (TPSA) is 38.2 Å². The van der Waals surface area contributed by atoms with E-state index >= 15 is 0 Å². The molecule has 4 nitrogen and oxygen atoms in total. The zero-order valence-corrected chi connectivity index (χ0v) is 12.3. The van der Waals surface area contributed by atoms with E-state index in [9.17, 15) is 0 Å². The number of halogens is 1. The van der Waals surface area contributed by atoms with Crippen molar-refractivity contribution >= 4 is 29.2 Å². The molecule has 0 amide bonds. The molecule has 2 rings (SSSR count). The first-order chi connectivity index (χ1) is 8.72. The lowest BCUT2D eigenvalue weighted by atomic mass is 10.1. The summed E-state index contributed by atoms with van der Waals surface area (Å²) >= 11 is 7.52. The number of anilines is 1. The molecule has 1 aliphatic heterocycles. The molecule has 1 saturated heterocycles. The molecule has 100 valence electrons. The summed E-state index contributed by atoms with van der Waals surface area (Å²) in [5.41, 5.74) is 0. The van der Waals surface area contributed by atoms with Crippen LogP contribution < -0.4 is 4.90 Å². The second-order valence-electron chi connectivity index (χ2n) is 4.18. The molecular weight excluding hydrogens is 270 g/mol. The van der Waals surface area contributed by atoms with Gasteiger partial charge in [-0.2, -0.15) is 0 Å². The minimum absolute atomic E-state index is 0.392. The Labute approximate surface area is 117 Å². The smallest absolute Gasteiger partial charge is 0.190 e. The third-order valence-corrected chi connectivity index (χ3v) is 3.75. The Hall–Kier alpha value is -0.520. The second kappa shape index (κ2) is 6.59. The number of ether oxygens (including phenoxy) is 1. The summed E-state index contributed by atoms with van der Waals surface area (Å²) < 4.78 is 5.65. The normalized spacial score (nSPS) is 17.2. The molecule has 0 spiro atoms. The fourth-order valence-electron chi connectivity index (χ4n) is 2.13. The van der Waals surface area contributed by atoms with Crippen molar-refractivity contribution in [3.05, 3.63) is 11.2 Å². The van der Waals surface area contributed by atoms with Gasteiger partial charge in [-0.25, -0.2) is 9.97 Å². The van der Waals surface area contributed by atoms with E-state index in [2.05, 4.69) is 14.9 Å². The van der Waals surface area contributed by atoms with Crippen molar-refractivity contribution in [2.45, 2.75) is 31.0 Å². The van der Waals surface area contributed by atoms with Gasteiger partial charge in [0.2, 0.25) is 0 Å². The van der Waals surface area contributed by atoms with E-state index < -0.39 is 0 Å². The third kappa shape index (κ3) is 3.49. The first-order valence-corrected chi connectivity index (χ1v) is 7.78. The molecule has 2 heterocycles. The maximum Gasteiger partial charge on any atom is 0.190 e. The lowest BCUT2D eigenvalue weighted by Crippen LogP contribution is -2.37. The lowest BCUT2D eigenvalue weighted by molar-refractivity contribution is 0.0458. The van der Waals surface area contributed by atoms with Gasteiger partial charge in [-0.15, -0.1) is 0 Å². The zero-order chi connectivity index (χ0) is 13.0. The highest BCUT2D eigenvalue weighted by atomic mass is 35.5. The molecule has 0 atom stereocenters. The average molecular weight is 288 g/mol. The largest absolute Gasteiger partial charge is 0.378 e. The van der Waals surface area contributed by atoms with Gasteiger partial charge >= 0.3 is 0 Å². The zero-order valence-electron chi connectivity index (χ0n) is 10.7. The van der Waals surface area contributed by atoms with Crippen LogP contribution in [0.4, 0.5) is 5.82 Å². The fraction of sp³-hybridized carbons (Fsp3) is 0.667. The standard InChI is InChI=1S/C12H18ClN3OS/c1-3-17-9-4-6-16(7-5-9)11-8-10(13)14-12(15-11)18-2/h8-9H,3-7H2,1-2H3. The molecule has 0 unspecified atom stereocenters. The van der Waals surface area contributed by atoms with Crippen LogP contribution in [0.5, 0.6) is 0 Å². The maximum absolute atomic E-state index is 6.01. The molecule has 1 fully saturated rings. The van der Waals surface area contributed by atoms with Crippen molar-refractivity contribution in [1.82, 2.24) is 9.97 Å². The van der Waals surface area contributed by atoms with Crippen LogP contribution in [0.15, 0.2) is 11.2 Å². The van der Waals surface area contributed by atoms with E-state index in [-0.39, 0.29) is 0 Å². The molecular formula is C12H18ClN3OS. The van der Waals surface area contributed by atoms with Crippen molar-refractivity contribution < 1.29 is 4.74 Å². The third-order valence-electron chi connectivity index (χ3n) is 3.01. The van der Waals surface area contributed by atoms with E-state index in [4.69, 9.17) is 16.3 Å². The van der Waals surface area contributed by atoms with Crippen molar-refractivity contribution in [3.8, 4) is 0 Å². The Kier molecular flexibility index (Phi) is 5.09. The van der Waals surface area contributed by atoms with Crippen LogP contribution in [0, 0.1) is 0 Å². The van der Waals surface area contributed by atoms with Crippen LogP contribution in [0.1, 0.15) is 19.8 Å². The minimum Gasteiger partial charge on any atom is -0.378 e. The minimum atomic E-state index is 0.392. The van der Waals surface area contributed by atoms with Crippen molar-refractivity contribution in [1.29, 1.82) is 0 Å². The number of thioether (sulfide) groups is 1. The molecule has 0 aromatic carbocycles. The van der Waals surface area contributed by atoms with Crippen LogP contribution >= 0.6 is 23.4 Å². The number of nitrogens with zero attached hydrogens (tertiary/aromatic N) is 3. The van der Waals surface area contributed by atoms with E-state index in [1.54, 1.807) is 0 Å². The summed E-state index contributed by atoms with van der Waals surface area (Å²) in [4.78, 5) is 10.9. The van der Waals surface area contributed by atoms with Gasteiger partial charge in [0.15, 0.2) is 5.16 Å². The predicted molar refractivity (Wildman–Crippen MR) is 75.7 cm³/mol. The van der Waals surface area contributed by atoms with Crippen molar-refractivity contribution in [3.63, 3.8) is 0 Å². The summed E-state index contributed by atoms with van der Waals surface area (Å²) in [6, 6.07) is 1.84. The van der Waals surface area contributed by atoms with Gasteiger partial charge in [-0.3, -0.25) is 0 Å². The van der Waals surface area contributed by atoms with E-state index in [1.807, 2.05) is 19.2 Å². The highest BCUT2D eigenvalue weighted by Gasteiger charge is 2.20. The van der Waals surface area contributed by atoms with Gasteiger partial charge in [0.1, 0.15) is 11.0 Å². The van der Waals surface area contributed by atoms with Crippen LogP contribution in [0.3, 0.4) is 0 Å². The quantitative estimate of drug-likeness (QED) is 0.484. The molecule has 0 N–H and O–H groups in total. The molecule has 1 aliphatic rings. The van der Waals surface area contributed by atoms with Gasteiger partial charge in [-0.1, -0.05) is 23.4 Å². The lowest BCUT2D eigenvalue weighted by Gasteiger charge is -2.32. The van der Waals surface area contributed by atoms with Gasteiger partial charge in [0.05, 0.1) is 6.10 Å². The molecule has 0 aliphatic carbocycles. The van der Waals surface area contributed by atoms with E-state index in [1.165, 1.54) is 11.8 Å². The van der Waals surface area contributed by atoms with Crippen LogP contribution in [-0.4, -0.2) is 42.0 Å². The van der Waals surface area contributed by atoms with Crippen LogP contribution in [-0.2, 0) is 4.74 Å². The number of rotatable bonds is 4. The van der Waals surface area contributed by atoms with Gasteiger partial charge in [0.25, 0.3) is 0 Å². The Morgan fingerprint density at radius 1 is 1.44 bits per heavy atom.